The topological polar surface area (TPSA) is 35.5 Å². The lowest BCUT2D eigenvalue weighted by Gasteiger charge is -2.51. The van der Waals surface area contributed by atoms with Gasteiger partial charge in [-0.2, -0.15) is 0 Å². The fraction of sp³-hybridized carbons (Fsp3) is 0.368. The maximum Gasteiger partial charge on any atom is 0.119 e. The number of nitrogens with zero attached hydrogens (tertiary/aromatic N) is 1. The number of aromatic hydroxyl groups is 1. The maximum absolute atomic E-state index is 10.2. The Kier molecular flexibility index (Phi) is 2.64. The first kappa shape index (κ1) is 12.7. The van der Waals surface area contributed by atoms with Crippen LogP contribution in [0.15, 0.2) is 42.5 Å². The van der Waals surface area contributed by atoms with Gasteiger partial charge in [-0.25, -0.2) is 0 Å². The molecule has 3 heterocycles. The van der Waals surface area contributed by atoms with Crippen molar-refractivity contribution in [2.75, 3.05) is 6.54 Å². The van der Waals surface area contributed by atoms with Crippen LogP contribution in [0, 0.1) is 0 Å². The van der Waals surface area contributed by atoms with E-state index < -0.39 is 0 Å². The molecular weight excluding hydrogens is 272 g/mol. The van der Waals surface area contributed by atoms with Crippen LogP contribution in [0.1, 0.15) is 28.3 Å². The van der Waals surface area contributed by atoms with Gasteiger partial charge < -0.3 is 10.4 Å². The van der Waals surface area contributed by atoms with Crippen molar-refractivity contribution in [3.05, 3.63) is 64.7 Å². The van der Waals surface area contributed by atoms with E-state index in [0.29, 0.717) is 23.9 Å². The number of hydrogen-bond acceptors (Lipinski definition) is 3. The highest BCUT2D eigenvalue weighted by molar-refractivity contribution is 5.44. The monoisotopic (exact) mass is 292 g/mol. The Morgan fingerprint density at radius 3 is 2.82 bits per heavy atom. The first-order valence-corrected chi connectivity index (χ1v) is 8.17. The fourth-order valence-corrected chi connectivity index (χ4v) is 4.62. The molecule has 0 aromatic heterocycles. The third kappa shape index (κ3) is 1.76. The fourth-order valence-electron chi connectivity index (χ4n) is 4.62. The summed E-state index contributed by atoms with van der Waals surface area (Å²) < 4.78 is 0. The van der Waals surface area contributed by atoms with E-state index >= 15 is 0 Å². The van der Waals surface area contributed by atoms with Gasteiger partial charge in [0.15, 0.2) is 0 Å². The van der Waals surface area contributed by atoms with E-state index in [0.717, 1.165) is 31.5 Å². The minimum absolute atomic E-state index is 0.386. The molecule has 3 heteroatoms. The van der Waals surface area contributed by atoms with Gasteiger partial charge in [0, 0.05) is 31.2 Å². The summed E-state index contributed by atoms with van der Waals surface area (Å²) in [5.41, 5.74) is 5.39. The molecule has 1 saturated heterocycles. The van der Waals surface area contributed by atoms with Crippen LogP contribution in [0.3, 0.4) is 0 Å². The first-order valence-electron chi connectivity index (χ1n) is 8.17. The zero-order valence-electron chi connectivity index (χ0n) is 12.5. The molecule has 0 radical (unpaired) electrons. The molecule has 2 aromatic rings. The number of hydrogen-bond donors (Lipinski definition) is 2. The van der Waals surface area contributed by atoms with E-state index in [4.69, 9.17) is 0 Å². The van der Waals surface area contributed by atoms with Crippen LogP contribution >= 0.6 is 0 Å². The van der Waals surface area contributed by atoms with Crippen LogP contribution in [0.4, 0.5) is 0 Å². The summed E-state index contributed by atoms with van der Waals surface area (Å²) >= 11 is 0. The van der Waals surface area contributed by atoms with Crippen molar-refractivity contribution in [1.82, 2.24) is 10.2 Å². The summed E-state index contributed by atoms with van der Waals surface area (Å²) in [4.78, 5) is 2.61. The van der Waals surface area contributed by atoms with Crippen molar-refractivity contribution in [3.63, 3.8) is 0 Å². The molecule has 2 bridgehead atoms. The van der Waals surface area contributed by atoms with Gasteiger partial charge in [0.25, 0.3) is 0 Å². The van der Waals surface area contributed by atoms with Crippen LogP contribution in [0.25, 0.3) is 0 Å². The normalized spacial score (nSPS) is 29.4. The first-order chi connectivity index (χ1) is 10.8. The van der Waals surface area contributed by atoms with E-state index in [2.05, 4.69) is 40.5 Å². The highest BCUT2D eigenvalue weighted by atomic mass is 16.3. The van der Waals surface area contributed by atoms with E-state index in [9.17, 15) is 5.11 Å². The van der Waals surface area contributed by atoms with Crippen molar-refractivity contribution >= 4 is 0 Å². The molecule has 3 nitrogen and oxygen atoms in total. The van der Waals surface area contributed by atoms with E-state index in [-0.39, 0.29) is 0 Å². The van der Waals surface area contributed by atoms with Gasteiger partial charge in [0.1, 0.15) is 5.75 Å². The van der Waals surface area contributed by atoms with Crippen LogP contribution in [-0.2, 0) is 19.4 Å². The summed E-state index contributed by atoms with van der Waals surface area (Å²) in [5.74, 6) is 0.461. The number of nitrogens with one attached hydrogen (secondary N) is 1. The number of phenols is 1. The molecule has 3 aliphatic rings. The van der Waals surface area contributed by atoms with Crippen molar-refractivity contribution in [2.45, 2.75) is 37.5 Å². The van der Waals surface area contributed by atoms with Crippen molar-refractivity contribution in [2.24, 2.45) is 0 Å². The largest absolute Gasteiger partial charge is 0.508 e. The van der Waals surface area contributed by atoms with Crippen molar-refractivity contribution < 1.29 is 5.11 Å². The lowest BCUT2D eigenvalue weighted by atomic mass is 9.78. The average Bonchev–Trinajstić information content (AvgIpc) is 2.54. The van der Waals surface area contributed by atoms with Gasteiger partial charge in [-0.15, -0.1) is 0 Å². The molecule has 1 fully saturated rings. The van der Waals surface area contributed by atoms with Crippen LogP contribution in [0.2, 0.25) is 0 Å². The molecule has 0 spiro atoms. The second-order valence-electron chi connectivity index (χ2n) is 6.86. The molecule has 0 aliphatic carbocycles. The van der Waals surface area contributed by atoms with Gasteiger partial charge in [0.05, 0.1) is 0 Å². The molecule has 0 saturated carbocycles. The van der Waals surface area contributed by atoms with Gasteiger partial charge in [-0.1, -0.05) is 36.4 Å². The van der Waals surface area contributed by atoms with Crippen LogP contribution in [-0.4, -0.2) is 28.6 Å². The van der Waals surface area contributed by atoms with Gasteiger partial charge in [-0.05, 0) is 41.2 Å². The van der Waals surface area contributed by atoms with Gasteiger partial charge in [-0.3, -0.25) is 4.90 Å². The Morgan fingerprint density at radius 1 is 1.00 bits per heavy atom. The molecule has 22 heavy (non-hydrogen) atoms. The molecular formula is C19H20N2O. The number of fused-ring (bicyclic) bond motifs is 7. The molecule has 2 N–H and O–H groups in total. The lowest BCUT2D eigenvalue weighted by molar-refractivity contribution is 0.0636. The molecule has 0 amide bonds. The Morgan fingerprint density at radius 2 is 1.86 bits per heavy atom. The highest BCUT2D eigenvalue weighted by Crippen LogP contribution is 2.40. The average molecular weight is 292 g/mol. The second-order valence-corrected chi connectivity index (χ2v) is 6.86. The summed E-state index contributed by atoms with van der Waals surface area (Å²) in [6.07, 6.45) is 2.06. The predicted octanol–water partition coefficient (Wildman–Crippen LogP) is 2.39. The molecule has 2 aromatic carbocycles. The molecule has 5 rings (SSSR count). The lowest BCUT2D eigenvalue weighted by Crippen LogP contribution is -2.62. The maximum atomic E-state index is 10.2. The van der Waals surface area contributed by atoms with Crippen molar-refractivity contribution in [1.29, 1.82) is 0 Å². The summed E-state index contributed by atoms with van der Waals surface area (Å²) in [6, 6.07) is 16.2. The number of phenolic OH excluding ortho intramolecular Hbond substituents is 1. The predicted molar refractivity (Wildman–Crippen MR) is 85.8 cm³/mol. The third-order valence-corrected chi connectivity index (χ3v) is 5.62. The minimum atomic E-state index is 0.386. The summed E-state index contributed by atoms with van der Waals surface area (Å²) in [6.45, 7) is 2.07. The van der Waals surface area contributed by atoms with Crippen molar-refractivity contribution in [3.8, 4) is 5.75 Å². The highest BCUT2D eigenvalue weighted by Gasteiger charge is 2.42. The Hall–Kier alpha value is -1.84. The van der Waals surface area contributed by atoms with Crippen LogP contribution < -0.4 is 5.32 Å². The third-order valence-electron chi connectivity index (χ3n) is 5.62. The summed E-state index contributed by atoms with van der Waals surface area (Å²) in [5, 5.41) is 14.1. The van der Waals surface area contributed by atoms with E-state index in [1.165, 1.54) is 16.7 Å². The standard InChI is InChI=1S/C19H20N2O/c22-18-7-3-5-13-10-21-11-14-8-12-4-1-2-6-15(12)19(20-14)17(21)9-16(13)18/h1-7,14,17,19-20,22H,8-11H2. The molecule has 3 aliphatic heterocycles. The van der Waals surface area contributed by atoms with E-state index in [1.54, 1.807) is 0 Å². The molecule has 3 atom stereocenters. The number of rotatable bonds is 0. The zero-order valence-corrected chi connectivity index (χ0v) is 12.5. The Bertz CT molecular complexity index is 742. The SMILES string of the molecule is Oc1cccc2c1CC1C3NC(Cc4ccccc43)CN1C2. The van der Waals surface area contributed by atoms with Gasteiger partial charge >= 0.3 is 0 Å². The van der Waals surface area contributed by atoms with Gasteiger partial charge in [0.2, 0.25) is 0 Å². The smallest absolute Gasteiger partial charge is 0.119 e. The Labute approximate surface area is 130 Å². The quantitative estimate of drug-likeness (QED) is 0.782. The number of benzene rings is 2. The number of piperazine rings is 1. The Balaban J connectivity index is 1.59. The minimum Gasteiger partial charge on any atom is -0.508 e. The summed E-state index contributed by atoms with van der Waals surface area (Å²) in [7, 11) is 0. The van der Waals surface area contributed by atoms with E-state index in [1.807, 2.05) is 12.1 Å². The molecule has 112 valence electrons. The second kappa shape index (κ2) is 4.58. The molecule has 3 unspecified atom stereocenters. The zero-order chi connectivity index (χ0) is 14.7. The van der Waals surface area contributed by atoms with Crippen LogP contribution in [0.5, 0.6) is 5.75 Å².